The number of fused-ring (bicyclic) bond motifs is 6. The fourth-order valence-corrected chi connectivity index (χ4v) is 8.50. The molecular formula is C54H36N2. The third-order valence-electron chi connectivity index (χ3n) is 11.4. The van der Waals surface area contributed by atoms with Crippen molar-refractivity contribution in [2.24, 2.45) is 0 Å². The van der Waals surface area contributed by atoms with Crippen molar-refractivity contribution < 1.29 is 0 Å². The molecule has 0 saturated carbocycles. The van der Waals surface area contributed by atoms with Crippen LogP contribution in [0.25, 0.3) is 110 Å². The van der Waals surface area contributed by atoms with Gasteiger partial charge in [-0.15, -0.1) is 0 Å². The second-order valence-electron chi connectivity index (χ2n) is 14.7. The quantitative estimate of drug-likeness (QED) is 0.172. The van der Waals surface area contributed by atoms with Crippen LogP contribution in [0.5, 0.6) is 0 Å². The Kier molecular flexibility index (Phi) is 7.53. The maximum atomic E-state index is 3.82. The molecule has 0 saturated heterocycles. The number of hydrogen-bond acceptors (Lipinski definition) is 0. The molecule has 0 aliphatic heterocycles. The van der Waals surface area contributed by atoms with E-state index in [9.17, 15) is 0 Å². The van der Waals surface area contributed by atoms with E-state index < -0.39 is 0 Å². The summed E-state index contributed by atoms with van der Waals surface area (Å²) in [5.74, 6) is 0. The van der Waals surface area contributed by atoms with Gasteiger partial charge in [0.1, 0.15) is 0 Å². The standard InChI is InChI=1S/C54H36N2/c1-5-13-35(14-6-1)41-25-27-51-47(29-41)49-33-43(37-17-9-3-10-18-37)31-45(53(49)55-51)39-21-23-40(24-22-39)46-32-44(38-19-11-4-12-20-38)34-50-48-30-42(36-15-7-2-8-16-36)26-28-52(48)56-54(46)50/h1-34,55-56H. The smallest absolute Gasteiger partial charge is 0.0544 e. The molecule has 11 rings (SSSR count). The van der Waals surface area contributed by atoms with Crippen LogP contribution in [-0.2, 0) is 0 Å². The molecule has 0 fully saturated rings. The Labute approximate surface area is 325 Å². The number of hydrogen-bond donors (Lipinski definition) is 2. The highest BCUT2D eigenvalue weighted by atomic mass is 14.7. The summed E-state index contributed by atoms with van der Waals surface area (Å²) in [7, 11) is 0. The first kappa shape index (κ1) is 32.0. The molecule has 2 aromatic heterocycles. The van der Waals surface area contributed by atoms with Gasteiger partial charge in [-0.3, -0.25) is 0 Å². The Morgan fingerprint density at radius 2 is 0.518 bits per heavy atom. The highest BCUT2D eigenvalue weighted by Crippen LogP contribution is 2.42. The van der Waals surface area contributed by atoms with Gasteiger partial charge in [0.05, 0.1) is 11.0 Å². The molecule has 56 heavy (non-hydrogen) atoms. The Balaban J connectivity index is 1.08. The molecule has 2 N–H and O–H groups in total. The number of aromatic nitrogens is 2. The lowest BCUT2D eigenvalue weighted by Crippen LogP contribution is -1.87. The molecule has 0 atom stereocenters. The van der Waals surface area contributed by atoms with Crippen LogP contribution in [0, 0.1) is 0 Å². The molecule has 0 amide bonds. The third kappa shape index (κ3) is 5.51. The van der Waals surface area contributed by atoms with Gasteiger partial charge in [0, 0.05) is 43.7 Å². The van der Waals surface area contributed by atoms with Crippen LogP contribution in [0.1, 0.15) is 0 Å². The van der Waals surface area contributed by atoms with Gasteiger partial charge in [-0.2, -0.15) is 0 Å². The molecule has 0 unspecified atom stereocenters. The van der Waals surface area contributed by atoms with Gasteiger partial charge in [-0.1, -0.05) is 158 Å². The number of rotatable bonds is 6. The van der Waals surface area contributed by atoms with Crippen LogP contribution in [0.15, 0.2) is 206 Å². The van der Waals surface area contributed by atoms with Gasteiger partial charge in [0.15, 0.2) is 0 Å². The van der Waals surface area contributed by atoms with E-state index in [0.29, 0.717) is 0 Å². The van der Waals surface area contributed by atoms with Crippen LogP contribution in [-0.4, -0.2) is 9.97 Å². The van der Waals surface area contributed by atoms with Crippen molar-refractivity contribution in [3.8, 4) is 66.8 Å². The van der Waals surface area contributed by atoms with E-state index in [1.807, 2.05) is 0 Å². The maximum absolute atomic E-state index is 3.82. The van der Waals surface area contributed by atoms with E-state index in [4.69, 9.17) is 0 Å². The fraction of sp³-hybridized carbons (Fsp3) is 0. The highest BCUT2D eigenvalue weighted by Gasteiger charge is 2.17. The third-order valence-corrected chi connectivity index (χ3v) is 11.4. The first-order valence-electron chi connectivity index (χ1n) is 19.2. The predicted molar refractivity (Wildman–Crippen MR) is 238 cm³/mol. The predicted octanol–water partition coefficient (Wildman–Crippen LogP) is 15.0. The second kappa shape index (κ2) is 13.2. The van der Waals surface area contributed by atoms with E-state index >= 15 is 0 Å². The van der Waals surface area contributed by atoms with Gasteiger partial charge in [0.2, 0.25) is 0 Å². The lowest BCUT2D eigenvalue weighted by Gasteiger charge is -2.12. The minimum atomic E-state index is 1.14. The van der Waals surface area contributed by atoms with E-state index in [2.05, 4.69) is 216 Å². The zero-order valence-electron chi connectivity index (χ0n) is 30.6. The average molecular weight is 713 g/mol. The molecule has 0 radical (unpaired) electrons. The lowest BCUT2D eigenvalue weighted by molar-refractivity contribution is 1.52. The van der Waals surface area contributed by atoms with Crippen LogP contribution in [0.2, 0.25) is 0 Å². The van der Waals surface area contributed by atoms with Crippen molar-refractivity contribution in [3.05, 3.63) is 206 Å². The Morgan fingerprint density at radius 3 is 0.875 bits per heavy atom. The topological polar surface area (TPSA) is 31.6 Å². The number of nitrogens with one attached hydrogen (secondary N) is 2. The Morgan fingerprint density at radius 1 is 0.214 bits per heavy atom. The van der Waals surface area contributed by atoms with E-state index in [0.717, 1.165) is 22.1 Å². The first-order valence-corrected chi connectivity index (χ1v) is 19.2. The molecule has 2 nitrogen and oxygen atoms in total. The zero-order valence-corrected chi connectivity index (χ0v) is 30.6. The Bertz CT molecular complexity index is 2970. The number of benzene rings is 9. The van der Waals surface area contributed by atoms with E-state index in [1.165, 1.54) is 88.3 Å². The summed E-state index contributed by atoms with van der Waals surface area (Å²) in [4.78, 5) is 7.65. The molecular weight excluding hydrogens is 677 g/mol. The van der Waals surface area contributed by atoms with Crippen molar-refractivity contribution in [2.45, 2.75) is 0 Å². The van der Waals surface area contributed by atoms with E-state index in [-0.39, 0.29) is 0 Å². The summed E-state index contributed by atoms with van der Waals surface area (Å²) in [6.45, 7) is 0. The molecule has 0 spiro atoms. The Hall–Kier alpha value is -7.42. The summed E-state index contributed by atoms with van der Waals surface area (Å²) >= 11 is 0. The van der Waals surface area contributed by atoms with Gasteiger partial charge < -0.3 is 9.97 Å². The van der Waals surface area contributed by atoms with Crippen LogP contribution in [0.3, 0.4) is 0 Å². The zero-order chi connectivity index (χ0) is 37.0. The van der Waals surface area contributed by atoms with Gasteiger partial charge in [0.25, 0.3) is 0 Å². The lowest BCUT2D eigenvalue weighted by atomic mass is 9.92. The van der Waals surface area contributed by atoms with E-state index in [1.54, 1.807) is 0 Å². The summed E-state index contributed by atoms with van der Waals surface area (Å²) in [5, 5.41) is 4.91. The number of aromatic amines is 2. The molecule has 11 aromatic rings. The molecule has 2 heteroatoms. The molecule has 262 valence electrons. The monoisotopic (exact) mass is 712 g/mol. The van der Waals surface area contributed by atoms with Crippen molar-refractivity contribution in [2.75, 3.05) is 0 Å². The minimum absolute atomic E-state index is 1.14. The highest BCUT2D eigenvalue weighted by molar-refractivity contribution is 6.16. The fourth-order valence-electron chi connectivity index (χ4n) is 8.50. The second-order valence-corrected chi connectivity index (χ2v) is 14.7. The van der Waals surface area contributed by atoms with Crippen molar-refractivity contribution in [1.82, 2.24) is 9.97 Å². The molecule has 2 heterocycles. The SMILES string of the molecule is c1ccc(-c2ccc3[nH]c4c(-c5ccc(-c6cc(-c7ccccc7)cc7c6[nH]c6ccc(-c8ccccc8)cc67)cc5)cc(-c5ccccc5)cc4c3c2)cc1. The molecule has 0 aliphatic rings. The van der Waals surface area contributed by atoms with Crippen LogP contribution in [0.4, 0.5) is 0 Å². The normalized spacial score (nSPS) is 11.6. The van der Waals surface area contributed by atoms with Crippen molar-refractivity contribution >= 4 is 43.6 Å². The van der Waals surface area contributed by atoms with Crippen molar-refractivity contribution in [3.63, 3.8) is 0 Å². The van der Waals surface area contributed by atoms with Crippen molar-refractivity contribution in [1.29, 1.82) is 0 Å². The van der Waals surface area contributed by atoms with Gasteiger partial charge in [-0.25, -0.2) is 0 Å². The number of H-pyrrole nitrogens is 2. The minimum Gasteiger partial charge on any atom is -0.354 e. The van der Waals surface area contributed by atoms with Crippen LogP contribution < -0.4 is 0 Å². The first-order chi connectivity index (χ1) is 27.7. The summed E-state index contributed by atoms with van der Waals surface area (Å²) < 4.78 is 0. The molecule has 9 aromatic carbocycles. The van der Waals surface area contributed by atoms with Gasteiger partial charge >= 0.3 is 0 Å². The summed E-state index contributed by atoms with van der Waals surface area (Å²) in [6.07, 6.45) is 0. The average Bonchev–Trinajstić information content (AvgIpc) is 3.85. The summed E-state index contributed by atoms with van der Waals surface area (Å²) in [6, 6.07) is 74.8. The molecule has 0 aliphatic carbocycles. The summed E-state index contributed by atoms with van der Waals surface area (Å²) in [5.41, 5.74) is 19.0. The van der Waals surface area contributed by atoms with Gasteiger partial charge in [-0.05, 0) is 104 Å². The molecule has 0 bridgehead atoms. The van der Waals surface area contributed by atoms with Crippen LogP contribution >= 0.6 is 0 Å². The maximum Gasteiger partial charge on any atom is 0.0544 e. The largest absolute Gasteiger partial charge is 0.354 e.